The minimum atomic E-state index is 0. The summed E-state index contributed by atoms with van der Waals surface area (Å²) in [6.07, 6.45) is 4.06. The average Bonchev–Trinajstić information content (AvgIpc) is 2.36. The molecule has 0 aromatic rings. The van der Waals surface area contributed by atoms with Crippen LogP contribution in [0.5, 0.6) is 0 Å². The standard InChI is InChI=1S/C14H28N4O.HI/c1-12(11-18-5-7-19-8-6-18)9-16-14(15)17-10-13-3-2-4-13;/h12-13H,2-11H2,1H3,(H3,15,16,17);1H. The first-order valence-electron chi connectivity index (χ1n) is 7.58. The molecule has 20 heavy (non-hydrogen) atoms. The normalized spacial score (nSPS) is 22.8. The number of ether oxygens (including phenoxy) is 1. The van der Waals surface area contributed by atoms with Gasteiger partial charge in [0.15, 0.2) is 5.96 Å². The molecule has 0 amide bonds. The van der Waals surface area contributed by atoms with Crippen LogP contribution in [0.25, 0.3) is 0 Å². The molecule has 5 nitrogen and oxygen atoms in total. The van der Waals surface area contributed by atoms with E-state index in [1.165, 1.54) is 19.3 Å². The second kappa shape index (κ2) is 9.78. The topological polar surface area (TPSA) is 62.9 Å². The van der Waals surface area contributed by atoms with Gasteiger partial charge in [0.05, 0.1) is 13.2 Å². The third-order valence-electron chi connectivity index (χ3n) is 4.04. The van der Waals surface area contributed by atoms with Crippen LogP contribution in [0, 0.1) is 11.8 Å². The van der Waals surface area contributed by atoms with Crippen molar-refractivity contribution in [3.05, 3.63) is 0 Å². The van der Waals surface area contributed by atoms with E-state index >= 15 is 0 Å². The van der Waals surface area contributed by atoms with E-state index in [1.54, 1.807) is 0 Å². The largest absolute Gasteiger partial charge is 0.379 e. The fourth-order valence-electron chi connectivity index (χ4n) is 2.54. The molecule has 1 aliphatic carbocycles. The molecule has 2 fully saturated rings. The fourth-order valence-corrected chi connectivity index (χ4v) is 2.54. The van der Waals surface area contributed by atoms with E-state index in [9.17, 15) is 0 Å². The summed E-state index contributed by atoms with van der Waals surface area (Å²) in [6.45, 7) is 8.93. The Morgan fingerprint density at radius 1 is 1.40 bits per heavy atom. The Morgan fingerprint density at radius 3 is 2.70 bits per heavy atom. The number of nitrogens with two attached hydrogens (primary N) is 1. The van der Waals surface area contributed by atoms with E-state index in [0.29, 0.717) is 11.9 Å². The van der Waals surface area contributed by atoms with Crippen molar-refractivity contribution in [1.82, 2.24) is 10.2 Å². The molecule has 2 aliphatic rings. The Balaban J connectivity index is 0.00000200. The first kappa shape index (κ1) is 18.0. The maximum absolute atomic E-state index is 5.89. The van der Waals surface area contributed by atoms with E-state index in [1.807, 2.05) is 0 Å². The van der Waals surface area contributed by atoms with Crippen molar-refractivity contribution in [2.24, 2.45) is 22.6 Å². The first-order chi connectivity index (χ1) is 9.24. The zero-order chi connectivity index (χ0) is 13.5. The number of aliphatic imine (C=N–C) groups is 1. The Bertz CT molecular complexity index is 291. The SMILES string of the molecule is CC(CN=C(N)NCC1CCC1)CN1CCOCC1.I. The molecule has 1 aliphatic heterocycles. The highest BCUT2D eigenvalue weighted by molar-refractivity contribution is 14.0. The summed E-state index contributed by atoms with van der Waals surface area (Å²) in [7, 11) is 0. The van der Waals surface area contributed by atoms with Gasteiger partial charge in [-0.3, -0.25) is 9.89 Å². The van der Waals surface area contributed by atoms with Crippen LogP contribution >= 0.6 is 24.0 Å². The monoisotopic (exact) mass is 396 g/mol. The Morgan fingerprint density at radius 2 is 2.10 bits per heavy atom. The molecule has 0 aromatic carbocycles. The van der Waals surface area contributed by atoms with Crippen LogP contribution in [-0.2, 0) is 4.74 Å². The maximum Gasteiger partial charge on any atom is 0.188 e. The number of guanidine groups is 1. The number of hydrogen-bond donors (Lipinski definition) is 2. The molecule has 0 radical (unpaired) electrons. The number of hydrogen-bond acceptors (Lipinski definition) is 3. The van der Waals surface area contributed by atoms with E-state index in [-0.39, 0.29) is 24.0 Å². The highest BCUT2D eigenvalue weighted by Gasteiger charge is 2.17. The third kappa shape index (κ3) is 6.58. The first-order valence-corrected chi connectivity index (χ1v) is 7.58. The molecule has 1 saturated carbocycles. The second-order valence-corrected chi connectivity index (χ2v) is 5.92. The molecule has 1 heterocycles. The third-order valence-corrected chi connectivity index (χ3v) is 4.04. The molecular formula is C14H29IN4O. The predicted octanol–water partition coefficient (Wildman–Crippen LogP) is 1.28. The number of nitrogens with zero attached hydrogens (tertiary/aromatic N) is 2. The minimum absolute atomic E-state index is 0. The van der Waals surface area contributed by atoms with Crippen LogP contribution in [0.4, 0.5) is 0 Å². The van der Waals surface area contributed by atoms with Crippen LogP contribution in [0.15, 0.2) is 4.99 Å². The molecule has 0 bridgehead atoms. The van der Waals surface area contributed by atoms with Crippen molar-refractivity contribution in [3.63, 3.8) is 0 Å². The van der Waals surface area contributed by atoms with Crippen molar-refractivity contribution < 1.29 is 4.74 Å². The number of rotatable bonds is 6. The average molecular weight is 396 g/mol. The van der Waals surface area contributed by atoms with Crippen molar-refractivity contribution >= 4 is 29.9 Å². The zero-order valence-electron chi connectivity index (χ0n) is 12.5. The van der Waals surface area contributed by atoms with Gasteiger partial charge in [0.25, 0.3) is 0 Å². The fraction of sp³-hybridized carbons (Fsp3) is 0.929. The lowest BCUT2D eigenvalue weighted by atomic mass is 9.85. The predicted molar refractivity (Wildman–Crippen MR) is 93.7 cm³/mol. The lowest BCUT2D eigenvalue weighted by Crippen LogP contribution is -2.40. The van der Waals surface area contributed by atoms with Crippen molar-refractivity contribution in [2.75, 3.05) is 45.9 Å². The molecule has 1 unspecified atom stereocenters. The number of morpholine rings is 1. The summed E-state index contributed by atoms with van der Waals surface area (Å²) < 4.78 is 5.35. The lowest BCUT2D eigenvalue weighted by molar-refractivity contribution is 0.0323. The van der Waals surface area contributed by atoms with Crippen LogP contribution in [-0.4, -0.2) is 56.8 Å². The molecule has 118 valence electrons. The lowest BCUT2D eigenvalue weighted by Gasteiger charge is -2.28. The second-order valence-electron chi connectivity index (χ2n) is 5.92. The van der Waals surface area contributed by atoms with Gasteiger partial charge in [-0.2, -0.15) is 0 Å². The molecule has 2 rings (SSSR count). The van der Waals surface area contributed by atoms with Gasteiger partial charge < -0.3 is 15.8 Å². The molecule has 3 N–H and O–H groups in total. The smallest absolute Gasteiger partial charge is 0.188 e. The molecule has 6 heteroatoms. The molecule has 0 spiro atoms. The van der Waals surface area contributed by atoms with Crippen LogP contribution in [0.3, 0.4) is 0 Å². The van der Waals surface area contributed by atoms with Gasteiger partial charge >= 0.3 is 0 Å². The van der Waals surface area contributed by atoms with Gasteiger partial charge in [-0.05, 0) is 24.7 Å². The maximum atomic E-state index is 5.89. The van der Waals surface area contributed by atoms with Crippen molar-refractivity contribution in [1.29, 1.82) is 0 Å². The van der Waals surface area contributed by atoms with Gasteiger partial charge in [0.2, 0.25) is 0 Å². The molecular weight excluding hydrogens is 367 g/mol. The Kier molecular flexibility index (Phi) is 8.79. The Labute approximate surface area is 139 Å². The van der Waals surface area contributed by atoms with Crippen LogP contribution in [0.2, 0.25) is 0 Å². The highest BCUT2D eigenvalue weighted by Crippen LogP contribution is 2.24. The van der Waals surface area contributed by atoms with E-state index < -0.39 is 0 Å². The van der Waals surface area contributed by atoms with Crippen LogP contribution < -0.4 is 11.1 Å². The van der Waals surface area contributed by atoms with Gasteiger partial charge in [-0.25, -0.2) is 0 Å². The minimum Gasteiger partial charge on any atom is -0.379 e. The van der Waals surface area contributed by atoms with Gasteiger partial charge in [0, 0.05) is 32.7 Å². The van der Waals surface area contributed by atoms with Gasteiger partial charge in [-0.1, -0.05) is 13.3 Å². The quantitative estimate of drug-likeness (QED) is 0.404. The Hall–Kier alpha value is -0.0800. The summed E-state index contributed by atoms with van der Waals surface area (Å²) in [5.74, 6) is 1.97. The zero-order valence-corrected chi connectivity index (χ0v) is 14.8. The number of nitrogens with one attached hydrogen (secondary N) is 1. The number of halogens is 1. The van der Waals surface area contributed by atoms with Crippen LogP contribution in [0.1, 0.15) is 26.2 Å². The summed E-state index contributed by atoms with van der Waals surface area (Å²) >= 11 is 0. The molecule has 1 atom stereocenters. The van der Waals surface area contributed by atoms with E-state index in [2.05, 4.69) is 22.1 Å². The summed E-state index contributed by atoms with van der Waals surface area (Å²) in [6, 6.07) is 0. The molecule has 0 aromatic heterocycles. The van der Waals surface area contributed by atoms with Crippen molar-refractivity contribution in [2.45, 2.75) is 26.2 Å². The van der Waals surface area contributed by atoms with Gasteiger partial charge in [0.1, 0.15) is 0 Å². The summed E-state index contributed by atoms with van der Waals surface area (Å²) in [5.41, 5.74) is 5.89. The van der Waals surface area contributed by atoms with Gasteiger partial charge in [-0.15, -0.1) is 24.0 Å². The molecule has 1 saturated heterocycles. The highest BCUT2D eigenvalue weighted by atomic mass is 127. The summed E-state index contributed by atoms with van der Waals surface area (Å²) in [4.78, 5) is 6.89. The van der Waals surface area contributed by atoms with Crippen molar-refractivity contribution in [3.8, 4) is 0 Å². The summed E-state index contributed by atoms with van der Waals surface area (Å²) in [5, 5.41) is 3.24. The van der Waals surface area contributed by atoms with E-state index in [4.69, 9.17) is 10.5 Å². The van der Waals surface area contributed by atoms with E-state index in [0.717, 1.165) is 51.9 Å².